The highest BCUT2D eigenvalue weighted by molar-refractivity contribution is 5.97. The van der Waals surface area contributed by atoms with Gasteiger partial charge in [-0.1, -0.05) is 25.3 Å². The Balaban J connectivity index is 2.25. The van der Waals surface area contributed by atoms with Crippen molar-refractivity contribution in [1.29, 1.82) is 0 Å². The Bertz CT molecular complexity index is 505. The van der Waals surface area contributed by atoms with Gasteiger partial charge in [-0.3, -0.25) is 9.59 Å². The first-order chi connectivity index (χ1) is 10.6. The van der Waals surface area contributed by atoms with Gasteiger partial charge in [0, 0.05) is 13.0 Å². The number of hydrogen-bond donors (Lipinski definition) is 2. The lowest BCUT2D eigenvalue weighted by Crippen LogP contribution is -2.26. The van der Waals surface area contributed by atoms with Gasteiger partial charge < -0.3 is 15.2 Å². The van der Waals surface area contributed by atoms with Gasteiger partial charge in [-0.15, -0.1) is 0 Å². The zero-order valence-corrected chi connectivity index (χ0v) is 12.7. The summed E-state index contributed by atoms with van der Waals surface area (Å²) in [5.41, 5.74) is -0.0774. The molecule has 6 heteroatoms. The summed E-state index contributed by atoms with van der Waals surface area (Å²) in [6.45, 7) is 0.454. The number of carboxylic acid groups (broad SMARTS) is 1. The number of carbonyl (C=O) groups excluding carboxylic acids is 1. The molecule has 22 heavy (non-hydrogen) atoms. The van der Waals surface area contributed by atoms with Gasteiger partial charge in [-0.2, -0.15) is 0 Å². The van der Waals surface area contributed by atoms with Crippen molar-refractivity contribution in [2.24, 2.45) is 0 Å². The molecule has 0 spiro atoms. The molecule has 0 atom stereocenters. The summed E-state index contributed by atoms with van der Waals surface area (Å²) < 4.78 is 18.7. The van der Waals surface area contributed by atoms with E-state index in [0.717, 1.165) is 25.7 Å². The molecule has 1 rings (SSSR count). The van der Waals surface area contributed by atoms with Crippen LogP contribution in [0.5, 0.6) is 5.75 Å². The molecule has 0 unspecified atom stereocenters. The van der Waals surface area contributed by atoms with E-state index in [1.165, 1.54) is 19.2 Å². The third-order valence-corrected chi connectivity index (χ3v) is 3.28. The van der Waals surface area contributed by atoms with Crippen molar-refractivity contribution in [2.75, 3.05) is 13.7 Å². The minimum absolute atomic E-state index is 0.0774. The Kier molecular flexibility index (Phi) is 7.96. The van der Waals surface area contributed by atoms with Crippen molar-refractivity contribution in [3.8, 4) is 5.75 Å². The molecular formula is C16H22FNO4. The number of aliphatic carboxylic acids is 1. The standard InChI is InChI=1S/C16H22FNO4/c1-22-13-9-7-8-12(17)15(13)16(21)18-11-6-4-2-3-5-10-14(19)20/h7-9H,2-6,10-11H2,1H3,(H,18,21)(H,19,20). The number of benzene rings is 1. The van der Waals surface area contributed by atoms with E-state index in [0.29, 0.717) is 13.0 Å². The Labute approximate surface area is 129 Å². The maximum absolute atomic E-state index is 13.7. The van der Waals surface area contributed by atoms with E-state index in [-0.39, 0.29) is 17.7 Å². The third kappa shape index (κ3) is 6.11. The highest BCUT2D eigenvalue weighted by Crippen LogP contribution is 2.20. The van der Waals surface area contributed by atoms with Crippen LogP contribution in [-0.2, 0) is 4.79 Å². The topological polar surface area (TPSA) is 75.6 Å². The fourth-order valence-corrected chi connectivity index (χ4v) is 2.12. The summed E-state index contributed by atoms with van der Waals surface area (Å²) in [6.07, 6.45) is 4.33. The Morgan fingerprint density at radius 1 is 1.18 bits per heavy atom. The number of unbranched alkanes of at least 4 members (excludes halogenated alkanes) is 4. The molecule has 1 amide bonds. The molecule has 122 valence electrons. The van der Waals surface area contributed by atoms with Crippen LogP contribution >= 0.6 is 0 Å². The monoisotopic (exact) mass is 311 g/mol. The van der Waals surface area contributed by atoms with Crippen LogP contribution in [0.2, 0.25) is 0 Å². The van der Waals surface area contributed by atoms with Crippen LogP contribution in [0, 0.1) is 5.82 Å². The second-order valence-electron chi connectivity index (χ2n) is 4.98. The quantitative estimate of drug-likeness (QED) is 0.651. The second kappa shape index (κ2) is 9.76. The number of hydrogen-bond acceptors (Lipinski definition) is 3. The van der Waals surface area contributed by atoms with Crippen molar-refractivity contribution < 1.29 is 23.8 Å². The molecule has 0 aromatic heterocycles. The number of methoxy groups -OCH3 is 1. The number of carbonyl (C=O) groups is 2. The molecule has 0 aliphatic carbocycles. The first kappa shape index (κ1) is 17.9. The van der Waals surface area contributed by atoms with Gasteiger partial charge in [0.1, 0.15) is 17.1 Å². The van der Waals surface area contributed by atoms with Crippen LogP contribution < -0.4 is 10.1 Å². The Hall–Kier alpha value is -2.11. The summed E-state index contributed by atoms with van der Waals surface area (Å²) in [5, 5.41) is 11.2. The smallest absolute Gasteiger partial charge is 0.303 e. The van der Waals surface area contributed by atoms with Crippen LogP contribution in [0.3, 0.4) is 0 Å². The van der Waals surface area contributed by atoms with Crippen LogP contribution in [0.25, 0.3) is 0 Å². The third-order valence-electron chi connectivity index (χ3n) is 3.28. The van der Waals surface area contributed by atoms with E-state index in [1.807, 2.05) is 0 Å². The second-order valence-corrected chi connectivity index (χ2v) is 4.98. The molecule has 0 fully saturated rings. The Morgan fingerprint density at radius 2 is 1.86 bits per heavy atom. The fourth-order valence-electron chi connectivity index (χ4n) is 2.12. The van der Waals surface area contributed by atoms with Gasteiger partial charge in [0.15, 0.2) is 0 Å². The lowest BCUT2D eigenvalue weighted by molar-refractivity contribution is -0.137. The van der Waals surface area contributed by atoms with Crippen molar-refractivity contribution >= 4 is 11.9 Å². The molecule has 1 aromatic carbocycles. The molecule has 0 saturated carbocycles. The number of carboxylic acids is 1. The van der Waals surface area contributed by atoms with E-state index in [2.05, 4.69) is 5.32 Å². The maximum atomic E-state index is 13.7. The number of amides is 1. The SMILES string of the molecule is COc1cccc(F)c1C(=O)NCCCCCCCC(=O)O. The van der Waals surface area contributed by atoms with Crippen molar-refractivity contribution in [3.05, 3.63) is 29.6 Å². The average molecular weight is 311 g/mol. The minimum Gasteiger partial charge on any atom is -0.496 e. The molecule has 0 bridgehead atoms. The maximum Gasteiger partial charge on any atom is 0.303 e. The fraction of sp³-hybridized carbons (Fsp3) is 0.500. The van der Waals surface area contributed by atoms with Crippen molar-refractivity contribution in [1.82, 2.24) is 5.32 Å². The van der Waals surface area contributed by atoms with Gasteiger partial charge in [-0.25, -0.2) is 4.39 Å². The zero-order valence-electron chi connectivity index (χ0n) is 12.7. The van der Waals surface area contributed by atoms with Crippen LogP contribution in [0.15, 0.2) is 18.2 Å². The average Bonchev–Trinajstić information content (AvgIpc) is 2.49. The van der Waals surface area contributed by atoms with E-state index in [9.17, 15) is 14.0 Å². The zero-order chi connectivity index (χ0) is 16.4. The van der Waals surface area contributed by atoms with E-state index >= 15 is 0 Å². The number of halogens is 1. The van der Waals surface area contributed by atoms with Crippen molar-refractivity contribution in [2.45, 2.75) is 38.5 Å². The highest BCUT2D eigenvalue weighted by atomic mass is 19.1. The van der Waals surface area contributed by atoms with Gasteiger partial charge in [0.25, 0.3) is 5.91 Å². The van der Waals surface area contributed by atoms with Crippen molar-refractivity contribution in [3.63, 3.8) is 0 Å². The normalized spacial score (nSPS) is 10.3. The lowest BCUT2D eigenvalue weighted by Gasteiger charge is -2.10. The summed E-state index contributed by atoms with van der Waals surface area (Å²) in [7, 11) is 1.39. The first-order valence-corrected chi connectivity index (χ1v) is 7.38. The number of nitrogens with one attached hydrogen (secondary N) is 1. The van der Waals surface area contributed by atoms with Gasteiger partial charge in [0.05, 0.1) is 7.11 Å². The molecule has 0 radical (unpaired) electrons. The minimum atomic E-state index is -0.772. The van der Waals surface area contributed by atoms with Crippen LogP contribution in [0.1, 0.15) is 48.9 Å². The number of rotatable bonds is 10. The molecule has 0 saturated heterocycles. The Morgan fingerprint density at radius 3 is 2.55 bits per heavy atom. The van der Waals surface area contributed by atoms with E-state index in [1.54, 1.807) is 6.07 Å². The predicted molar refractivity (Wildman–Crippen MR) is 80.6 cm³/mol. The predicted octanol–water partition coefficient (Wildman–Crippen LogP) is 2.99. The van der Waals surface area contributed by atoms with Gasteiger partial charge in [-0.05, 0) is 25.0 Å². The first-order valence-electron chi connectivity index (χ1n) is 7.38. The summed E-state index contributed by atoms with van der Waals surface area (Å²) >= 11 is 0. The molecule has 1 aromatic rings. The largest absolute Gasteiger partial charge is 0.496 e. The summed E-state index contributed by atoms with van der Waals surface area (Å²) in [4.78, 5) is 22.3. The number of ether oxygens (including phenoxy) is 1. The molecule has 0 aliphatic heterocycles. The molecule has 5 nitrogen and oxygen atoms in total. The lowest BCUT2D eigenvalue weighted by atomic mass is 10.1. The van der Waals surface area contributed by atoms with Crippen LogP contribution in [-0.4, -0.2) is 30.6 Å². The van der Waals surface area contributed by atoms with Gasteiger partial charge >= 0.3 is 5.97 Å². The molecule has 0 aliphatic rings. The van der Waals surface area contributed by atoms with Crippen LogP contribution in [0.4, 0.5) is 4.39 Å². The molecule has 2 N–H and O–H groups in total. The van der Waals surface area contributed by atoms with Gasteiger partial charge in [0.2, 0.25) is 0 Å². The molecular weight excluding hydrogens is 289 g/mol. The van der Waals surface area contributed by atoms with E-state index in [4.69, 9.17) is 9.84 Å². The summed E-state index contributed by atoms with van der Waals surface area (Å²) in [5.74, 6) is -1.65. The van der Waals surface area contributed by atoms with E-state index < -0.39 is 17.7 Å². The highest BCUT2D eigenvalue weighted by Gasteiger charge is 2.16. The summed E-state index contributed by atoms with van der Waals surface area (Å²) in [6, 6.07) is 4.25. The molecule has 0 heterocycles.